The molecule has 0 aliphatic carbocycles. The maximum absolute atomic E-state index is 13.9. The molecule has 1 aromatic carbocycles. The molecule has 7 heteroatoms. The molecule has 21 heavy (non-hydrogen) atoms. The van der Waals surface area contributed by atoms with Crippen LogP contribution in [0.15, 0.2) is 24.8 Å². The predicted octanol–water partition coefficient (Wildman–Crippen LogP) is 2.36. The van der Waals surface area contributed by atoms with Crippen LogP contribution in [0.5, 0.6) is 0 Å². The maximum atomic E-state index is 13.9. The number of aliphatic hydroxyl groups is 1. The zero-order valence-electron chi connectivity index (χ0n) is 12.2. The molecule has 116 valence electrons. The first-order valence-corrected chi connectivity index (χ1v) is 7.03. The maximum Gasteiger partial charge on any atom is 0.137 e. The molecule has 5 nitrogen and oxygen atoms in total. The third-order valence-electron chi connectivity index (χ3n) is 3.72. The minimum absolute atomic E-state index is 0. The van der Waals surface area contributed by atoms with Crippen molar-refractivity contribution < 1.29 is 15.4 Å². The Morgan fingerprint density at radius 1 is 1.48 bits per heavy atom. The Balaban J connectivity index is 0.00000242. The summed E-state index contributed by atoms with van der Waals surface area (Å²) >= 11 is 0. The number of hydrogen-bond donors (Lipinski definition) is 1. The van der Waals surface area contributed by atoms with Crippen molar-refractivity contribution in [2.75, 3.05) is 0 Å². The molecule has 3 atom stereocenters. The standard InChI is InChI=1S/C14H19FN3O2P.H2/c1-9-4-10(2)13(15)5-12(9)14(19,11(3)20-21)6-18-8-16-7-17-18;/h4-5,7-8,11,19H,6,21H2,1-3H3;1H/t11-,14?;/m1./s1/i;1+2. The zero-order valence-corrected chi connectivity index (χ0v) is 13.4. The number of nitrogens with zero attached hydrogens (tertiary/aromatic N) is 3. The minimum atomic E-state index is -1.42. The minimum Gasteiger partial charge on any atom is -0.380 e. The molecule has 0 aliphatic rings. The normalized spacial score (nSPS) is 15.7. The fraction of sp³-hybridized carbons (Fsp3) is 0.429. The van der Waals surface area contributed by atoms with E-state index in [1.54, 1.807) is 19.9 Å². The summed E-state index contributed by atoms with van der Waals surface area (Å²) in [6.07, 6.45) is 2.31. The number of aryl methyl sites for hydroxylation is 2. The molecule has 0 bridgehead atoms. The summed E-state index contributed by atoms with van der Waals surface area (Å²) in [7, 11) is 2.13. The zero-order chi connectivity index (χ0) is 15.6. The molecule has 1 N–H and O–H groups in total. The summed E-state index contributed by atoms with van der Waals surface area (Å²) in [5, 5.41) is 15.1. The van der Waals surface area contributed by atoms with Crippen molar-refractivity contribution >= 4 is 9.47 Å². The topological polar surface area (TPSA) is 60.2 Å². The summed E-state index contributed by atoms with van der Waals surface area (Å²) in [6.45, 7) is 5.37. The molecule has 0 saturated heterocycles. The SMILES string of the molecule is Cc1cc(C)c(C(O)(Cn2cncn2)[C@@H](C)OP)cc1F.[3HH]. The molecule has 0 radical (unpaired) electrons. The van der Waals surface area contributed by atoms with Gasteiger partial charge in [-0.25, -0.2) is 14.1 Å². The van der Waals surface area contributed by atoms with Crippen LogP contribution in [0.25, 0.3) is 0 Å². The van der Waals surface area contributed by atoms with Crippen molar-refractivity contribution in [1.29, 1.82) is 0 Å². The molecule has 2 unspecified atom stereocenters. The molecule has 0 saturated carbocycles. The molecular formula is C14H21FN3O2P. The van der Waals surface area contributed by atoms with Crippen LogP contribution in [0.4, 0.5) is 4.39 Å². The van der Waals surface area contributed by atoms with Gasteiger partial charge in [0.15, 0.2) is 0 Å². The van der Waals surface area contributed by atoms with E-state index in [-0.39, 0.29) is 13.8 Å². The lowest BCUT2D eigenvalue weighted by atomic mass is 9.85. The van der Waals surface area contributed by atoms with Crippen LogP contribution >= 0.6 is 9.47 Å². The number of rotatable bonds is 5. The van der Waals surface area contributed by atoms with Crippen molar-refractivity contribution in [2.45, 2.75) is 39.0 Å². The van der Waals surface area contributed by atoms with Crippen molar-refractivity contribution in [3.8, 4) is 0 Å². The second-order valence-electron chi connectivity index (χ2n) is 5.21. The largest absolute Gasteiger partial charge is 0.380 e. The van der Waals surface area contributed by atoms with E-state index in [0.717, 1.165) is 5.56 Å². The van der Waals surface area contributed by atoms with Gasteiger partial charge in [0, 0.05) is 10.9 Å². The fourth-order valence-electron chi connectivity index (χ4n) is 2.40. The summed E-state index contributed by atoms with van der Waals surface area (Å²) in [6, 6.07) is 3.08. The van der Waals surface area contributed by atoms with E-state index in [1.807, 2.05) is 6.92 Å². The van der Waals surface area contributed by atoms with Crippen molar-refractivity contribution in [3.63, 3.8) is 0 Å². The van der Waals surface area contributed by atoms with E-state index in [4.69, 9.17) is 4.52 Å². The smallest absolute Gasteiger partial charge is 0.137 e. The molecule has 2 rings (SSSR count). The van der Waals surface area contributed by atoms with Gasteiger partial charge in [-0.05, 0) is 43.5 Å². The Bertz CT molecular complexity index is 627. The van der Waals surface area contributed by atoms with Crippen molar-refractivity contribution in [2.24, 2.45) is 0 Å². The Labute approximate surface area is 126 Å². The fourth-order valence-corrected chi connectivity index (χ4v) is 2.62. The monoisotopic (exact) mass is 315 g/mol. The number of halogens is 1. The first-order chi connectivity index (χ1) is 9.88. The summed E-state index contributed by atoms with van der Waals surface area (Å²) < 4.78 is 20.7. The lowest BCUT2D eigenvalue weighted by Gasteiger charge is -2.34. The highest BCUT2D eigenvalue weighted by molar-refractivity contribution is 7.09. The molecule has 1 aromatic heterocycles. The molecule has 1 heterocycles. The highest BCUT2D eigenvalue weighted by atomic mass is 31.0. The van der Waals surface area contributed by atoms with E-state index in [1.165, 1.54) is 23.4 Å². The molecule has 0 aliphatic heterocycles. The lowest BCUT2D eigenvalue weighted by molar-refractivity contribution is -0.0682. The van der Waals surface area contributed by atoms with Gasteiger partial charge in [0.05, 0.1) is 12.6 Å². The second-order valence-corrected chi connectivity index (χ2v) is 5.48. The van der Waals surface area contributed by atoms with Gasteiger partial charge in [0.25, 0.3) is 0 Å². The van der Waals surface area contributed by atoms with Crippen LogP contribution in [0, 0.1) is 19.7 Å². The molecular weight excluding hydrogens is 292 g/mol. The molecule has 0 spiro atoms. The van der Waals surface area contributed by atoms with Gasteiger partial charge in [-0.1, -0.05) is 6.07 Å². The Morgan fingerprint density at radius 3 is 2.76 bits per heavy atom. The van der Waals surface area contributed by atoms with E-state index in [0.29, 0.717) is 11.1 Å². The molecule has 0 amide bonds. The van der Waals surface area contributed by atoms with Crippen LogP contribution in [-0.2, 0) is 16.7 Å². The van der Waals surface area contributed by atoms with Gasteiger partial charge in [-0.3, -0.25) is 0 Å². The number of benzene rings is 1. The van der Waals surface area contributed by atoms with Crippen LogP contribution in [-0.4, -0.2) is 26.0 Å². The van der Waals surface area contributed by atoms with Crippen LogP contribution in [0.2, 0.25) is 0 Å². The van der Waals surface area contributed by atoms with E-state index < -0.39 is 11.7 Å². The van der Waals surface area contributed by atoms with Crippen LogP contribution in [0.1, 0.15) is 25.0 Å². The first kappa shape index (κ1) is 16.0. The second kappa shape index (κ2) is 6.18. The average molecular weight is 315 g/mol. The average Bonchev–Trinajstić information content (AvgIpc) is 2.94. The quantitative estimate of drug-likeness (QED) is 0.861. The van der Waals surface area contributed by atoms with E-state index in [2.05, 4.69) is 19.5 Å². The molecule has 2 aromatic rings. The Morgan fingerprint density at radius 2 is 2.19 bits per heavy atom. The Kier molecular flexibility index (Phi) is 4.71. The van der Waals surface area contributed by atoms with Crippen LogP contribution in [0.3, 0.4) is 0 Å². The van der Waals surface area contributed by atoms with Crippen LogP contribution < -0.4 is 0 Å². The summed E-state index contributed by atoms with van der Waals surface area (Å²) in [5.41, 5.74) is 0.397. The first-order valence-electron chi connectivity index (χ1n) is 6.56. The summed E-state index contributed by atoms with van der Waals surface area (Å²) in [5.74, 6) is -0.358. The van der Waals surface area contributed by atoms with Crippen molar-refractivity contribution in [3.05, 3.63) is 47.3 Å². The summed E-state index contributed by atoms with van der Waals surface area (Å²) in [4.78, 5) is 3.86. The predicted molar refractivity (Wildman–Crippen MR) is 82.2 cm³/mol. The lowest BCUT2D eigenvalue weighted by Crippen LogP contribution is -2.43. The van der Waals surface area contributed by atoms with E-state index in [9.17, 15) is 9.50 Å². The molecule has 0 fully saturated rings. The van der Waals surface area contributed by atoms with Gasteiger partial charge >= 0.3 is 0 Å². The van der Waals surface area contributed by atoms with E-state index >= 15 is 0 Å². The van der Waals surface area contributed by atoms with Gasteiger partial charge in [-0.15, -0.1) is 0 Å². The highest BCUT2D eigenvalue weighted by Gasteiger charge is 2.38. The van der Waals surface area contributed by atoms with Gasteiger partial charge in [0.2, 0.25) is 0 Å². The third kappa shape index (κ3) is 3.12. The number of aromatic nitrogens is 3. The van der Waals surface area contributed by atoms with Gasteiger partial charge < -0.3 is 9.63 Å². The van der Waals surface area contributed by atoms with Gasteiger partial charge in [-0.2, -0.15) is 5.10 Å². The van der Waals surface area contributed by atoms with Crippen molar-refractivity contribution in [1.82, 2.24) is 14.8 Å². The highest BCUT2D eigenvalue weighted by Crippen LogP contribution is 2.33. The number of hydrogen-bond acceptors (Lipinski definition) is 4. The van der Waals surface area contributed by atoms with Gasteiger partial charge in [0.1, 0.15) is 24.1 Å². The Hall–Kier alpha value is -1.36. The third-order valence-corrected chi connectivity index (χ3v) is 4.13.